The first-order valence-corrected chi connectivity index (χ1v) is 7.92. The molecule has 8 heteroatoms. The Morgan fingerprint density at radius 3 is 3.00 bits per heavy atom. The van der Waals surface area contributed by atoms with Gasteiger partial charge in [-0.1, -0.05) is 30.0 Å². The molecule has 0 saturated carbocycles. The molecule has 4 nitrogen and oxygen atoms in total. The third-order valence-corrected chi connectivity index (χ3v) is 4.58. The summed E-state index contributed by atoms with van der Waals surface area (Å²) in [6, 6.07) is 3.89. The van der Waals surface area contributed by atoms with E-state index >= 15 is 0 Å². The second-order valence-electron chi connectivity index (χ2n) is 3.38. The van der Waals surface area contributed by atoms with Crippen LogP contribution in [0.4, 0.5) is 9.52 Å². The fourth-order valence-electron chi connectivity index (χ4n) is 1.28. The van der Waals surface area contributed by atoms with Gasteiger partial charge in [0.05, 0.1) is 5.56 Å². The van der Waals surface area contributed by atoms with Crippen LogP contribution in [-0.2, 0) is 0 Å². The van der Waals surface area contributed by atoms with Gasteiger partial charge in [0.15, 0.2) is 4.34 Å². The minimum Gasteiger partial charge on any atom is -0.296 e. The molecular formula is C11H9BrFN3OS2. The van der Waals surface area contributed by atoms with E-state index in [-0.39, 0.29) is 5.91 Å². The lowest BCUT2D eigenvalue weighted by atomic mass is 10.2. The predicted molar refractivity (Wildman–Crippen MR) is 78.4 cm³/mol. The number of anilines is 1. The molecular weight excluding hydrogens is 353 g/mol. The summed E-state index contributed by atoms with van der Waals surface area (Å²) in [4.78, 5) is 12.0. The monoisotopic (exact) mass is 361 g/mol. The van der Waals surface area contributed by atoms with Crippen molar-refractivity contribution in [2.45, 2.75) is 11.3 Å². The van der Waals surface area contributed by atoms with Crippen LogP contribution in [0.3, 0.4) is 0 Å². The highest BCUT2D eigenvalue weighted by atomic mass is 79.9. The van der Waals surface area contributed by atoms with Gasteiger partial charge < -0.3 is 0 Å². The van der Waals surface area contributed by atoms with E-state index in [0.29, 0.717) is 15.2 Å². The van der Waals surface area contributed by atoms with Crippen molar-refractivity contribution in [2.24, 2.45) is 0 Å². The molecule has 19 heavy (non-hydrogen) atoms. The Kier molecular flexibility index (Phi) is 4.89. The van der Waals surface area contributed by atoms with Gasteiger partial charge in [-0.25, -0.2) is 4.39 Å². The SMILES string of the molecule is CCSc1nnc(NC(=O)c2ccc(F)cc2Br)s1. The molecule has 2 aromatic rings. The molecule has 0 atom stereocenters. The number of nitrogens with one attached hydrogen (secondary N) is 1. The maximum atomic E-state index is 12.9. The molecule has 0 fully saturated rings. The van der Waals surface area contributed by atoms with Crippen molar-refractivity contribution >= 4 is 50.1 Å². The molecule has 0 spiro atoms. The van der Waals surface area contributed by atoms with Crippen molar-refractivity contribution in [3.63, 3.8) is 0 Å². The Morgan fingerprint density at radius 1 is 1.53 bits per heavy atom. The molecule has 0 aliphatic carbocycles. The molecule has 0 unspecified atom stereocenters. The van der Waals surface area contributed by atoms with Crippen LogP contribution in [0.1, 0.15) is 17.3 Å². The van der Waals surface area contributed by atoms with Gasteiger partial charge >= 0.3 is 0 Å². The van der Waals surface area contributed by atoms with Crippen LogP contribution in [0.25, 0.3) is 0 Å². The minimum absolute atomic E-state index is 0.348. The zero-order valence-electron chi connectivity index (χ0n) is 9.81. The van der Waals surface area contributed by atoms with Crippen LogP contribution in [0.2, 0.25) is 0 Å². The number of hydrogen-bond acceptors (Lipinski definition) is 5. The number of carbonyl (C=O) groups is 1. The summed E-state index contributed by atoms with van der Waals surface area (Å²) in [5.74, 6) is 0.142. The molecule has 100 valence electrons. The lowest BCUT2D eigenvalue weighted by Gasteiger charge is -2.03. The van der Waals surface area contributed by atoms with Crippen molar-refractivity contribution in [1.29, 1.82) is 0 Å². The Morgan fingerprint density at radius 2 is 2.32 bits per heavy atom. The van der Waals surface area contributed by atoms with E-state index < -0.39 is 5.82 Å². The lowest BCUT2D eigenvalue weighted by Crippen LogP contribution is -2.12. The summed E-state index contributed by atoms with van der Waals surface area (Å²) in [5.41, 5.74) is 0.348. The number of nitrogens with zero attached hydrogens (tertiary/aromatic N) is 2. The molecule has 0 aliphatic heterocycles. The Labute approximate surface area is 125 Å². The van der Waals surface area contributed by atoms with Crippen LogP contribution >= 0.6 is 39.0 Å². The van der Waals surface area contributed by atoms with Gasteiger partial charge in [-0.15, -0.1) is 10.2 Å². The molecule has 1 heterocycles. The highest BCUT2D eigenvalue weighted by Gasteiger charge is 2.13. The number of amides is 1. The van der Waals surface area contributed by atoms with Gasteiger partial charge in [0.25, 0.3) is 5.91 Å². The van der Waals surface area contributed by atoms with E-state index in [1.165, 1.54) is 29.5 Å². The number of thioether (sulfide) groups is 1. The Hall–Kier alpha value is -0.990. The van der Waals surface area contributed by atoms with Gasteiger partial charge in [0.1, 0.15) is 5.82 Å². The molecule has 2 rings (SSSR count). The molecule has 0 saturated heterocycles. The first-order valence-electron chi connectivity index (χ1n) is 5.33. The number of rotatable bonds is 4. The van der Waals surface area contributed by atoms with E-state index in [9.17, 15) is 9.18 Å². The minimum atomic E-state index is -0.402. The summed E-state index contributed by atoms with van der Waals surface area (Å²) in [5, 5.41) is 10.9. The molecule has 1 amide bonds. The zero-order chi connectivity index (χ0) is 13.8. The number of carbonyl (C=O) groups excluding carboxylic acids is 1. The summed E-state index contributed by atoms with van der Waals surface area (Å²) < 4.78 is 14.1. The normalized spacial score (nSPS) is 10.5. The van der Waals surface area contributed by atoms with Gasteiger partial charge in [-0.3, -0.25) is 10.1 Å². The fraction of sp³-hybridized carbons (Fsp3) is 0.182. The molecule has 1 aromatic heterocycles. The van der Waals surface area contributed by atoms with Crippen molar-refractivity contribution in [2.75, 3.05) is 11.1 Å². The van der Waals surface area contributed by atoms with Crippen molar-refractivity contribution in [1.82, 2.24) is 10.2 Å². The number of aromatic nitrogens is 2. The average molecular weight is 362 g/mol. The smallest absolute Gasteiger partial charge is 0.258 e. The fourth-order valence-corrected chi connectivity index (χ4v) is 3.46. The summed E-state index contributed by atoms with van der Waals surface area (Å²) >= 11 is 6.02. The second-order valence-corrected chi connectivity index (χ2v) is 6.73. The van der Waals surface area contributed by atoms with Gasteiger partial charge in [-0.05, 0) is 39.9 Å². The van der Waals surface area contributed by atoms with E-state index in [1.807, 2.05) is 6.92 Å². The first kappa shape index (κ1) is 14.4. The van der Waals surface area contributed by atoms with Gasteiger partial charge in [0, 0.05) is 4.47 Å². The number of halogens is 2. The third-order valence-electron chi connectivity index (χ3n) is 2.07. The van der Waals surface area contributed by atoms with E-state index in [1.54, 1.807) is 11.8 Å². The van der Waals surface area contributed by atoms with Crippen LogP contribution in [0.15, 0.2) is 27.0 Å². The molecule has 1 N–H and O–H groups in total. The molecule has 0 aliphatic rings. The van der Waals surface area contributed by atoms with Crippen LogP contribution in [0, 0.1) is 5.82 Å². The lowest BCUT2D eigenvalue weighted by molar-refractivity contribution is 0.102. The standard InChI is InChI=1S/C11H9BrFN3OS2/c1-2-18-11-16-15-10(19-11)14-9(17)7-4-3-6(13)5-8(7)12/h3-5H,2H2,1H3,(H,14,15,17). The highest BCUT2D eigenvalue weighted by molar-refractivity contribution is 9.10. The maximum Gasteiger partial charge on any atom is 0.258 e. The third kappa shape index (κ3) is 3.74. The van der Waals surface area contributed by atoms with Crippen molar-refractivity contribution in [3.8, 4) is 0 Å². The molecule has 0 bridgehead atoms. The first-order chi connectivity index (χ1) is 9.10. The molecule has 0 radical (unpaired) electrons. The second kappa shape index (κ2) is 6.44. The quantitative estimate of drug-likeness (QED) is 0.664. The summed E-state index contributed by atoms with van der Waals surface area (Å²) in [7, 11) is 0. The number of hydrogen-bond donors (Lipinski definition) is 1. The zero-order valence-corrected chi connectivity index (χ0v) is 13.0. The van der Waals surface area contributed by atoms with E-state index in [2.05, 4.69) is 31.4 Å². The van der Waals surface area contributed by atoms with Crippen molar-refractivity contribution < 1.29 is 9.18 Å². The van der Waals surface area contributed by atoms with E-state index in [0.717, 1.165) is 10.1 Å². The van der Waals surface area contributed by atoms with Gasteiger partial charge in [-0.2, -0.15) is 0 Å². The number of benzene rings is 1. The van der Waals surface area contributed by atoms with Crippen molar-refractivity contribution in [3.05, 3.63) is 34.1 Å². The van der Waals surface area contributed by atoms with Gasteiger partial charge in [0.2, 0.25) is 5.13 Å². The van der Waals surface area contributed by atoms with Crippen LogP contribution in [-0.4, -0.2) is 21.9 Å². The van der Waals surface area contributed by atoms with Crippen LogP contribution < -0.4 is 5.32 Å². The highest BCUT2D eigenvalue weighted by Crippen LogP contribution is 2.26. The summed E-state index contributed by atoms with van der Waals surface area (Å²) in [6.07, 6.45) is 0. The summed E-state index contributed by atoms with van der Waals surface area (Å²) in [6.45, 7) is 2.01. The molecule has 1 aromatic carbocycles. The topological polar surface area (TPSA) is 54.9 Å². The van der Waals surface area contributed by atoms with E-state index in [4.69, 9.17) is 0 Å². The maximum absolute atomic E-state index is 12.9. The largest absolute Gasteiger partial charge is 0.296 e. The Bertz CT molecular complexity index is 605. The average Bonchev–Trinajstić information content (AvgIpc) is 2.76. The van der Waals surface area contributed by atoms with Crippen LogP contribution in [0.5, 0.6) is 0 Å². The Balaban J connectivity index is 2.11. The predicted octanol–water partition coefficient (Wildman–Crippen LogP) is 3.80.